The van der Waals surface area contributed by atoms with Gasteiger partial charge in [-0.15, -0.1) is 0 Å². The molecule has 0 bridgehead atoms. The van der Waals surface area contributed by atoms with Crippen molar-refractivity contribution in [2.24, 2.45) is 0 Å². The zero-order valence-electron chi connectivity index (χ0n) is 15.8. The molecule has 0 atom stereocenters. The lowest BCUT2D eigenvalue weighted by Gasteiger charge is -2.34. The van der Waals surface area contributed by atoms with Crippen LogP contribution in [-0.2, 0) is 13.1 Å². The topological polar surface area (TPSA) is 68.1 Å². The van der Waals surface area contributed by atoms with E-state index >= 15 is 0 Å². The average molecular weight is 371 g/mol. The first kappa shape index (κ1) is 19.1. The van der Waals surface area contributed by atoms with Crippen LogP contribution in [0.4, 0.5) is 5.69 Å². The number of nitrogens with zero attached hydrogens (tertiary/aromatic N) is 3. The number of rotatable bonds is 7. The molecular weight excluding hydrogens is 346 g/mol. The lowest BCUT2D eigenvalue weighted by Crippen LogP contribution is -2.45. The number of hydrogen-bond donors (Lipinski definition) is 0. The van der Waals surface area contributed by atoms with E-state index < -0.39 is 0 Å². The zero-order chi connectivity index (χ0) is 19.2. The van der Waals surface area contributed by atoms with E-state index in [4.69, 9.17) is 9.47 Å². The van der Waals surface area contributed by atoms with Gasteiger partial charge in [0.1, 0.15) is 0 Å². The molecule has 0 spiro atoms. The molecule has 1 aliphatic rings. The second-order valence-corrected chi connectivity index (χ2v) is 6.63. The summed E-state index contributed by atoms with van der Waals surface area (Å²) in [6.07, 6.45) is 0. The molecule has 0 radical (unpaired) electrons. The Morgan fingerprint density at radius 2 is 1.48 bits per heavy atom. The summed E-state index contributed by atoms with van der Waals surface area (Å²) in [5.41, 5.74) is 2.02. The molecule has 7 heteroatoms. The Labute approximate surface area is 159 Å². The number of nitro groups is 1. The van der Waals surface area contributed by atoms with Crippen molar-refractivity contribution in [1.29, 1.82) is 0 Å². The van der Waals surface area contributed by atoms with Gasteiger partial charge in [0.05, 0.1) is 25.2 Å². The molecule has 1 fully saturated rings. The van der Waals surface area contributed by atoms with Crippen LogP contribution in [0, 0.1) is 10.1 Å². The summed E-state index contributed by atoms with van der Waals surface area (Å²) in [7, 11) is 3.02. The van der Waals surface area contributed by atoms with Gasteiger partial charge in [0.2, 0.25) is 0 Å². The molecule has 0 saturated carbocycles. The number of benzene rings is 2. The Hall–Kier alpha value is -2.64. The zero-order valence-corrected chi connectivity index (χ0v) is 15.8. The molecule has 2 aromatic carbocycles. The van der Waals surface area contributed by atoms with Crippen molar-refractivity contribution >= 4 is 5.69 Å². The minimum atomic E-state index is -0.358. The van der Waals surface area contributed by atoms with Gasteiger partial charge >= 0.3 is 0 Å². The highest BCUT2D eigenvalue weighted by molar-refractivity contribution is 5.54. The van der Waals surface area contributed by atoms with Crippen molar-refractivity contribution in [2.45, 2.75) is 13.1 Å². The van der Waals surface area contributed by atoms with Crippen LogP contribution >= 0.6 is 0 Å². The van der Waals surface area contributed by atoms with E-state index in [1.165, 1.54) is 25.8 Å². The van der Waals surface area contributed by atoms with Gasteiger partial charge in [-0.3, -0.25) is 19.9 Å². The highest BCUT2D eigenvalue weighted by Gasteiger charge is 2.23. The number of piperazine rings is 1. The fourth-order valence-corrected chi connectivity index (χ4v) is 3.39. The van der Waals surface area contributed by atoms with Gasteiger partial charge < -0.3 is 9.47 Å². The highest BCUT2D eigenvalue weighted by atomic mass is 16.6. The standard InChI is InChI=1S/C20H25N3O4/c1-26-19-12-17(18(23(24)25)13-20(19)27-2)15-22-10-8-21(9-11-22)14-16-6-4-3-5-7-16/h3-7,12-13H,8-11,14-15H2,1-2H3. The van der Waals surface area contributed by atoms with Crippen LogP contribution < -0.4 is 9.47 Å². The number of ether oxygens (including phenoxy) is 2. The number of nitro benzene ring substituents is 1. The van der Waals surface area contributed by atoms with Crippen molar-refractivity contribution < 1.29 is 14.4 Å². The van der Waals surface area contributed by atoms with E-state index in [1.807, 2.05) is 6.07 Å². The second-order valence-electron chi connectivity index (χ2n) is 6.63. The first-order chi connectivity index (χ1) is 13.1. The van der Waals surface area contributed by atoms with Gasteiger partial charge in [-0.05, 0) is 11.6 Å². The quantitative estimate of drug-likeness (QED) is 0.551. The third-order valence-corrected chi connectivity index (χ3v) is 4.89. The van der Waals surface area contributed by atoms with Gasteiger partial charge in [0.15, 0.2) is 11.5 Å². The fraction of sp³-hybridized carbons (Fsp3) is 0.400. The maximum Gasteiger partial charge on any atom is 0.277 e. The largest absolute Gasteiger partial charge is 0.493 e. The number of hydrogen-bond acceptors (Lipinski definition) is 6. The highest BCUT2D eigenvalue weighted by Crippen LogP contribution is 2.35. The predicted molar refractivity (Wildman–Crippen MR) is 103 cm³/mol. The van der Waals surface area contributed by atoms with Crippen LogP contribution in [0.15, 0.2) is 42.5 Å². The molecule has 7 nitrogen and oxygen atoms in total. The van der Waals surface area contributed by atoms with E-state index in [0.29, 0.717) is 23.6 Å². The third kappa shape index (κ3) is 4.75. The van der Waals surface area contributed by atoms with Gasteiger partial charge in [0.25, 0.3) is 5.69 Å². The summed E-state index contributed by atoms with van der Waals surface area (Å²) in [5, 5.41) is 11.5. The predicted octanol–water partition coefficient (Wildman–Crippen LogP) is 2.93. The van der Waals surface area contributed by atoms with Gasteiger partial charge in [-0.1, -0.05) is 30.3 Å². The van der Waals surface area contributed by atoms with Crippen LogP contribution in [-0.4, -0.2) is 55.1 Å². The summed E-state index contributed by atoms with van der Waals surface area (Å²) in [6, 6.07) is 13.6. The molecule has 27 heavy (non-hydrogen) atoms. The third-order valence-electron chi connectivity index (χ3n) is 4.89. The van der Waals surface area contributed by atoms with Crippen molar-refractivity contribution in [3.63, 3.8) is 0 Å². The molecule has 1 heterocycles. The minimum Gasteiger partial charge on any atom is -0.493 e. The Morgan fingerprint density at radius 1 is 0.926 bits per heavy atom. The molecule has 0 aromatic heterocycles. The Balaban J connectivity index is 1.65. The molecule has 0 aliphatic carbocycles. The van der Waals surface area contributed by atoms with E-state index in [9.17, 15) is 10.1 Å². The van der Waals surface area contributed by atoms with E-state index in [0.717, 1.165) is 32.7 Å². The molecule has 1 aliphatic heterocycles. The molecule has 0 unspecified atom stereocenters. The van der Waals surface area contributed by atoms with E-state index in [-0.39, 0.29) is 10.6 Å². The SMILES string of the molecule is COc1cc(CN2CCN(Cc3ccccc3)CC2)c([N+](=O)[O-])cc1OC. The van der Waals surface area contributed by atoms with Gasteiger partial charge in [-0.2, -0.15) is 0 Å². The smallest absolute Gasteiger partial charge is 0.277 e. The molecule has 144 valence electrons. The monoisotopic (exact) mass is 371 g/mol. The van der Waals surface area contributed by atoms with E-state index in [1.54, 1.807) is 6.07 Å². The van der Waals surface area contributed by atoms with Crippen LogP contribution in [0.25, 0.3) is 0 Å². The van der Waals surface area contributed by atoms with Crippen LogP contribution in [0.3, 0.4) is 0 Å². The Bertz CT molecular complexity index is 774. The maximum atomic E-state index is 11.5. The Morgan fingerprint density at radius 3 is 2.04 bits per heavy atom. The number of methoxy groups -OCH3 is 2. The van der Waals surface area contributed by atoms with Crippen LogP contribution in [0.2, 0.25) is 0 Å². The minimum absolute atomic E-state index is 0.0689. The summed E-state index contributed by atoms with van der Waals surface area (Å²) >= 11 is 0. The van der Waals surface area contributed by atoms with Crippen molar-refractivity contribution in [2.75, 3.05) is 40.4 Å². The first-order valence-electron chi connectivity index (χ1n) is 8.98. The molecular formula is C20H25N3O4. The average Bonchev–Trinajstić information content (AvgIpc) is 2.69. The first-order valence-corrected chi connectivity index (χ1v) is 8.98. The van der Waals surface area contributed by atoms with Gasteiger partial charge in [0, 0.05) is 44.8 Å². The molecule has 0 N–H and O–H groups in total. The fourth-order valence-electron chi connectivity index (χ4n) is 3.39. The van der Waals surface area contributed by atoms with Crippen molar-refractivity contribution in [3.8, 4) is 11.5 Å². The normalized spacial score (nSPS) is 15.5. The second kappa shape index (κ2) is 8.83. The van der Waals surface area contributed by atoms with Crippen molar-refractivity contribution in [3.05, 3.63) is 63.7 Å². The summed E-state index contributed by atoms with van der Waals surface area (Å²) < 4.78 is 10.5. The molecule has 2 aromatic rings. The van der Waals surface area contributed by atoms with Gasteiger partial charge in [-0.25, -0.2) is 0 Å². The van der Waals surface area contributed by atoms with Crippen molar-refractivity contribution in [1.82, 2.24) is 9.80 Å². The lowest BCUT2D eigenvalue weighted by atomic mass is 10.1. The molecule has 0 amide bonds. The summed E-state index contributed by atoms with van der Waals surface area (Å²) in [5.74, 6) is 0.890. The lowest BCUT2D eigenvalue weighted by molar-refractivity contribution is -0.385. The molecule has 3 rings (SSSR count). The van der Waals surface area contributed by atoms with Crippen LogP contribution in [0.5, 0.6) is 11.5 Å². The van der Waals surface area contributed by atoms with Crippen LogP contribution in [0.1, 0.15) is 11.1 Å². The molecule has 1 saturated heterocycles. The Kier molecular flexibility index (Phi) is 6.26. The maximum absolute atomic E-state index is 11.5. The summed E-state index contributed by atoms with van der Waals surface area (Å²) in [6.45, 7) is 5.09. The summed E-state index contributed by atoms with van der Waals surface area (Å²) in [4.78, 5) is 15.8. The van der Waals surface area contributed by atoms with E-state index in [2.05, 4.69) is 34.1 Å².